The van der Waals surface area contributed by atoms with Crippen LogP contribution in [0.15, 0.2) is 47.7 Å². The average Bonchev–Trinajstić information content (AvgIpc) is 2.69. The fraction of sp³-hybridized carbons (Fsp3) is 0.476. The first-order valence-corrected chi connectivity index (χ1v) is 9.54. The van der Waals surface area contributed by atoms with E-state index in [0.717, 1.165) is 44.6 Å². The first-order valence-electron chi connectivity index (χ1n) is 9.54. The molecule has 1 saturated heterocycles. The number of aliphatic imine (C=N–C) groups is 1. The standard InChI is InChI=1S/C21H30N6.HI/c1-21(2,3)18-8-6-17(7-9-18)16-25-19(22-4)26-12-14-27(15-13-26)20-23-10-5-11-24-20;/h5-11H,12-16H2,1-4H3,(H,22,25);1H. The molecule has 0 aliphatic carbocycles. The molecular weight excluding hydrogens is 463 g/mol. The summed E-state index contributed by atoms with van der Waals surface area (Å²) < 4.78 is 0. The first-order chi connectivity index (χ1) is 13.0. The molecule has 0 bridgehead atoms. The Morgan fingerprint density at radius 3 is 2.18 bits per heavy atom. The van der Waals surface area contributed by atoms with Crippen LogP contribution in [0, 0.1) is 0 Å². The van der Waals surface area contributed by atoms with Crippen LogP contribution in [0.1, 0.15) is 31.9 Å². The molecule has 2 aromatic rings. The molecule has 1 aliphatic heterocycles. The summed E-state index contributed by atoms with van der Waals surface area (Å²) in [6, 6.07) is 10.7. The molecule has 3 rings (SSSR count). The highest BCUT2D eigenvalue weighted by molar-refractivity contribution is 14.0. The summed E-state index contributed by atoms with van der Waals surface area (Å²) in [4.78, 5) is 17.7. The molecule has 0 atom stereocenters. The summed E-state index contributed by atoms with van der Waals surface area (Å²) in [6.07, 6.45) is 3.58. The third-order valence-electron chi connectivity index (χ3n) is 4.90. The second-order valence-electron chi connectivity index (χ2n) is 7.87. The highest BCUT2D eigenvalue weighted by Gasteiger charge is 2.21. The number of nitrogens with one attached hydrogen (secondary N) is 1. The summed E-state index contributed by atoms with van der Waals surface area (Å²) in [5.74, 6) is 1.75. The van der Waals surface area contributed by atoms with Gasteiger partial charge in [0, 0.05) is 52.2 Å². The number of piperazine rings is 1. The van der Waals surface area contributed by atoms with Gasteiger partial charge < -0.3 is 15.1 Å². The molecule has 0 saturated carbocycles. The minimum absolute atomic E-state index is 0. The van der Waals surface area contributed by atoms with Crippen molar-refractivity contribution in [2.45, 2.75) is 32.7 Å². The van der Waals surface area contributed by atoms with Crippen LogP contribution in [0.3, 0.4) is 0 Å². The average molecular weight is 494 g/mol. The van der Waals surface area contributed by atoms with Gasteiger partial charge in [-0.25, -0.2) is 9.97 Å². The first kappa shape index (κ1) is 22.4. The Labute approximate surface area is 185 Å². The minimum atomic E-state index is 0. The number of hydrogen-bond donors (Lipinski definition) is 1. The smallest absolute Gasteiger partial charge is 0.225 e. The van der Waals surface area contributed by atoms with Gasteiger partial charge in [-0.2, -0.15) is 0 Å². The van der Waals surface area contributed by atoms with Crippen LogP contribution in [-0.4, -0.2) is 54.1 Å². The number of benzene rings is 1. The molecule has 1 aromatic carbocycles. The summed E-state index contributed by atoms with van der Waals surface area (Å²) in [5.41, 5.74) is 2.81. The van der Waals surface area contributed by atoms with Gasteiger partial charge >= 0.3 is 0 Å². The lowest BCUT2D eigenvalue weighted by Crippen LogP contribution is -2.52. The van der Waals surface area contributed by atoms with Gasteiger partial charge in [-0.05, 0) is 22.6 Å². The lowest BCUT2D eigenvalue weighted by atomic mass is 9.87. The van der Waals surface area contributed by atoms with E-state index in [1.807, 2.05) is 13.1 Å². The zero-order valence-electron chi connectivity index (χ0n) is 17.2. The van der Waals surface area contributed by atoms with E-state index in [1.165, 1.54) is 11.1 Å². The van der Waals surface area contributed by atoms with Crippen LogP contribution < -0.4 is 10.2 Å². The quantitative estimate of drug-likeness (QED) is 0.403. The summed E-state index contributed by atoms with van der Waals surface area (Å²) in [6.45, 7) is 11.1. The van der Waals surface area contributed by atoms with Crippen LogP contribution in [0.4, 0.5) is 5.95 Å². The van der Waals surface area contributed by atoms with E-state index in [1.54, 1.807) is 12.4 Å². The minimum Gasteiger partial charge on any atom is -0.352 e. The Morgan fingerprint density at radius 1 is 1.04 bits per heavy atom. The zero-order valence-corrected chi connectivity index (χ0v) is 19.6. The van der Waals surface area contributed by atoms with Crippen LogP contribution in [0.25, 0.3) is 0 Å². The largest absolute Gasteiger partial charge is 0.352 e. The molecular formula is C21H31IN6. The number of guanidine groups is 1. The molecule has 28 heavy (non-hydrogen) atoms. The Hall–Kier alpha value is -1.90. The van der Waals surface area contributed by atoms with E-state index in [9.17, 15) is 0 Å². The molecule has 152 valence electrons. The second kappa shape index (κ2) is 10.0. The SMILES string of the molecule is CN=C(NCc1ccc(C(C)(C)C)cc1)N1CCN(c2ncccn2)CC1.I. The van der Waals surface area contributed by atoms with Gasteiger partial charge in [-0.3, -0.25) is 4.99 Å². The Bertz CT molecular complexity index is 747. The number of rotatable bonds is 3. The van der Waals surface area contributed by atoms with Crippen LogP contribution in [0.2, 0.25) is 0 Å². The molecule has 0 unspecified atom stereocenters. The maximum atomic E-state index is 4.46. The lowest BCUT2D eigenvalue weighted by molar-refractivity contribution is 0.370. The van der Waals surface area contributed by atoms with E-state index in [4.69, 9.17) is 0 Å². The Balaban J connectivity index is 0.00000280. The van der Waals surface area contributed by atoms with Crippen molar-refractivity contribution in [2.24, 2.45) is 4.99 Å². The van der Waals surface area contributed by atoms with E-state index in [2.05, 4.69) is 75.1 Å². The maximum Gasteiger partial charge on any atom is 0.225 e. The molecule has 1 aromatic heterocycles. The highest BCUT2D eigenvalue weighted by atomic mass is 127. The van der Waals surface area contributed by atoms with Crippen molar-refractivity contribution >= 4 is 35.9 Å². The van der Waals surface area contributed by atoms with E-state index < -0.39 is 0 Å². The fourth-order valence-corrected chi connectivity index (χ4v) is 3.21. The van der Waals surface area contributed by atoms with Crippen molar-refractivity contribution in [2.75, 3.05) is 38.1 Å². The fourth-order valence-electron chi connectivity index (χ4n) is 3.21. The summed E-state index contributed by atoms with van der Waals surface area (Å²) >= 11 is 0. The van der Waals surface area contributed by atoms with Crippen molar-refractivity contribution in [3.63, 3.8) is 0 Å². The Morgan fingerprint density at radius 2 is 1.64 bits per heavy atom. The molecule has 1 aliphatic rings. The number of nitrogens with zero attached hydrogens (tertiary/aromatic N) is 5. The van der Waals surface area contributed by atoms with E-state index >= 15 is 0 Å². The predicted octanol–water partition coefficient (Wildman–Crippen LogP) is 3.29. The zero-order chi connectivity index (χ0) is 19.3. The third kappa shape index (κ3) is 5.80. The summed E-state index contributed by atoms with van der Waals surface area (Å²) in [7, 11) is 1.84. The Kier molecular flexibility index (Phi) is 8.03. The molecule has 0 spiro atoms. The molecule has 0 amide bonds. The van der Waals surface area contributed by atoms with Gasteiger partial charge in [-0.1, -0.05) is 45.0 Å². The summed E-state index contributed by atoms with van der Waals surface area (Å²) in [5, 5.41) is 3.49. The topological polar surface area (TPSA) is 56.7 Å². The van der Waals surface area contributed by atoms with Gasteiger partial charge in [-0.15, -0.1) is 24.0 Å². The monoisotopic (exact) mass is 494 g/mol. The predicted molar refractivity (Wildman–Crippen MR) is 127 cm³/mol. The van der Waals surface area contributed by atoms with Gasteiger partial charge in [0.05, 0.1) is 0 Å². The van der Waals surface area contributed by atoms with Crippen molar-refractivity contribution < 1.29 is 0 Å². The van der Waals surface area contributed by atoms with Gasteiger partial charge in [0.2, 0.25) is 5.95 Å². The molecule has 0 radical (unpaired) electrons. The number of hydrogen-bond acceptors (Lipinski definition) is 4. The number of halogens is 1. The van der Waals surface area contributed by atoms with Gasteiger partial charge in [0.15, 0.2) is 5.96 Å². The van der Waals surface area contributed by atoms with Crippen LogP contribution >= 0.6 is 24.0 Å². The van der Waals surface area contributed by atoms with Crippen LogP contribution in [-0.2, 0) is 12.0 Å². The molecule has 6 nitrogen and oxygen atoms in total. The van der Waals surface area contributed by atoms with Crippen molar-refractivity contribution in [3.8, 4) is 0 Å². The third-order valence-corrected chi connectivity index (χ3v) is 4.90. The van der Waals surface area contributed by atoms with Gasteiger partial charge in [0.25, 0.3) is 0 Å². The van der Waals surface area contributed by atoms with Crippen molar-refractivity contribution in [3.05, 3.63) is 53.9 Å². The molecule has 1 N–H and O–H groups in total. The highest BCUT2D eigenvalue weighted by Crippen LogP contribution is 2.22. The molecule has 1 fully saturated rings. The number of aromatic nitrogens is 2. The molecule has 7 heteroatoms. The normalized spacial score (nSPS) is 15.2. The second-order valence-corrected chi connectivity index (χ2v) is 7.87. The van der Waals surface area contributed by atoms with E-state index in [-0.39, 0.29) is 29.4 Å². The van der Waals surface area contributed by atoms with E-state index in [0.29, 0.717) is 0 Å². The van der Waals surface area contributed by atoms with Gasteiger partial charge in [0.1, 0.15) is 0 Å². The van der Waals surface area contributed by atoms with Crippen LogP contribution in [0.5, 0.6) is 0 Å². The lowest BCUT2D eigenvalue weighted by Gasteiger charge is -2.36. The maximum absolute atomic E-state index is 4.46. The van der Waals surface area contributed by atoms with Crippen molar-refractivity contribution in [1.82, 2.24) is 20.2 Å². The van der Waals surface area contributed by atoms with Crippen molar-refractivity contribution in [1.29, 1.82) is 0 Å². The molecule has 2 heterocycles. The number of anilines is 1.